The summed E-state index contributed by atoms with van der Waals surface area (Å²) in [7, 11) is 0. The lowest BCUT2D eigenvalue weighted by Crippen LogP contribution is -2.36. The highest BCUT2D eigenvalue weighted by Crippen LogP contribution is 2.34. The first-order valence-electron chi connectivity index (χ1n) is 10.9. The first-order valence-corrected chi connectivity index (χ1v) is 12.1. The SMILES string of the molecule is O=C(CN1C(=O)S/C(=C\c2cn(Cc3ccccc3Cl)c3ccccc23)C1=O)Nc1ccccc1. The number of rotatable bonds is 6. The number of imide groups is 1. The monoisotopic (exact) mass is 501 g/mol. The van der Waals surface area contributed by atoms with Gasteiger partial charge in [0.05, 0.1) is 4.91 Å². The number of carbonyl (C=O) groups is 3. The molecule has 35 heavy (non-hydrogen) atoms. The summed E-state index contributed by atoms with van der Waals surface area (Å²) in [6.07, 6.45) is 3.66. The zero-order valence-corrected chi connectivity index (χ0v) is 20.1. The molecule has 8 heteroatoms. The van der Waals surface area contributed by atoms with Crippen LogP contribution in [0.4, 0.5) is 10.5 Å². The molecule has 0 bridgehead atoms. The molecule has 0 unspecified atom stereocenters. The number of carbonyl (C=O) groups excluding carboxylic acids is 3. The smallest absolute Gasteiger partial charge is 0.294 e. The molecular weight excluding hydrogens is 482 g/mol. The van der Waals surface area contributed by atoms with E-state index in [0.29, 0.717) is 17.3 Å². The Hall–Kier alpha value is -3.81. The molecule has 0 spiro atoms. The van der Waals surface area contributed by atoms with Crippen molar-refractivity contribution in [2.45, 2.75) is 6.54 Å². The number of nitrogens with zero attached hydrogens (tertiary/aromatic N) is 2. The van der Waals surface area contributed by atoms with Gasteiger partial charge in [0, 0.05) is 39.9 Å². The molecule has 1 fully saturated rings. The Bertz CT molecular complexity index is 1480. The Morgan fingerprint density at radius 2 is 1.66 bits per heavy atom. The number of halogens is 1. The molecule has 1 saturated heterocycles. The van der Waals surface area contributed by atoms with Crippen LogP contribution in [-0.2, 0) is 16.1 Å². The normalized spacial score (nSPS) is 14.8. The average Bonchev–Trinajstić information content (AvgIpc) is 3.33. The van der Waals surface area contributed by atoms with E-state index < -0.39 is 17.1 Å². The molecule has 2 heterocycles. The minimum Gasteiger partial charge on any atom is -0.342 e. The fraction of sp³-hybridized carbons (Fsp3) is 0.0741. The maximum Gasteiger partial charge on any atom is 0.294 e. The minimum absolute atomic E-state index is 0.281. The third-order valence-electron chi connectivity index (χ3n) is 5.64. The fourth-order valence-electron chi connectivity index (χ4n) is 3.97. The van der Waals surface area contributed by atoms with Gasteiger partial charge in [-0.25, -0.2) is 0 Å². The van der Waals surface area contributed by atoms with E-state index in [1.54, 1.807) is 30.3 Å². The second-order valence-corrected chi connectivity index (χ2v) is 9.40. The molecule has 3 amide bonds. The van der Waals surface area contributed by atoms with Crippen molar-refractivity contribution in [1.82, 2.24) is 9.47 Å². The van der Waals surface area contributed by atoms with Crippen molar-refractivity contribution in [3.05, 3.63) is 106 Å². The zero-order chi connectivity index (χ0) is 24.4. The summed E-state index contributed by atoms with van der Waals surface area (Å²) in [5.74, 6) is -0.915. The second-order valence-electron chi connectivity index (χ2n) is 8.00. The lowest BCUT2D eigenvalue weighted by molar-refractivity contribution is -0.127. The number of para-hydroxylation sites is 2. The molecule has 1 aromatic heterocycles. The predicted octanol–water partition coefficient (Wildman–Crippen LogP) is 6.02. The first kappa shape index (κ1) is 23.0. The van der Waals surface area contributed by atoms with Crippen LogP contribution in [0.15, 0.2) is 90.0 Å². The lowest BCUT2D eigenvalue weighted by atomic mass is 10.1. The van der Waals surface area contributed by atoms with Gasteiger partial charge in [0.15, 0.2) is 0 Å². The zero-order valence-electron chi connectivity index (χ0n) is 18.5. The Morgan fingerprint density at radius 1 is 0.943 bits per heavy atom. The molecule has 0 radical (unpaired) electrons. The number of benzene rings is 3. The van der Waals surface area contributed by atoms with Crippen LogP contribution in [0, 0.1) is 0 Å². The van der Waals surface area contributed by atoms with Crippen molar-refractivity contribution in [2.75, 3.05) is 11.9 Å². The molecule has 6 nitrogen and oxygen atoms in total. The number of thioether (sulfide) groups is 1. The van der Waals surface area contributed by atoms with Gasteiger partial charge in [0.1, 0.15) is 6.54 Å². The van der Waals surface area contributed by atoms with Crippen molar-refractivity contribution in [3.8, 4) is 0 Å². The Morgan fingerprint density at radius 3 is 2.46 bits per heavy atom. The number of anilines is 1. The lowest BCUT2D eigenvalue weighted by Gasteiger charge is -2.12. The van der Waals surface area contributed by atoms with Crippen molar-refractivity contribution in [1.29, 1.82) is 0 Å². The quantitative estimate of drug-likeness (QED) is 0.328. The summed E-state index contributed by atoms with van der Waals surface area (Å²) in [4.78, 5) is 39.2. The van der Waals surface area contributed by atoms with Crippen LogP contribution >= 0.6 is 23.4 Å². The first-order chi connectivity index (χ1) is 17.0. The van der Waals surface area contributed by atoms with Crippen LogP contribution in [0.25, 0.3) is 17.0 Å². The highest BCUT2D eigenvalue weighted by atomic mass is 35.5. The van der Waals surface area contributed by atoms with E-state index in [2.05, 4.69) is 9.88 Å². The standard InChI is InChI=1S/C27H20ClN3O3S/c28-22-12-6-4-8-18(22)15-30-16-19(21-11-5-7-13-23(21)30)14-24-26(33)31(27(34)35-24)17-25(32)29-20-9-2-1-3-10-20/h1-14,16H,15,17H2,(H,29,32)/b24-14-. The summed E-state index contributed by atoms with van der Waals surface area (Å²) in [5.41, 5.74) is 3.38. The third kappa shape index (κ3) is 4.87. The van der Waals surface area contributed by atoms with Gasteiger partial charge >= 0.3 is 0 Å². The minimum atomic E-state index is -0.480. The van der Waals surface area contributed by atoms with E-state index in [9.17, 15) is 14.4 Å². The largest absolute Gasteiger partial charge is 0.342 e. The van der Waals surface area contributed by atoms with E-state index in [1.165, 1.54) is 0 Å². The Kier molecular flexibility index (Phi) is 6.44. The van der Waals surface area contributed by atoms with Crippen molar-refractivity contribution < 1.29 is 14.4 Å². The summed E-state index contributed by atoms with van der Waals surface area (Å²) >= 11 is 7.20. The van der Waals surface area contributed by atoms with Crippen LogP contribution in [0.3, 0.4) is 0 Å². The molecule has 4 aromatic rings. The van der Waals surface area contributed by atoms with Crippen molar-refractivity contribution in [2.24, 2.45) is 0 Å². The van der Waals surface area contributed by atoms with Crippen LogP contribution in [0.1, 0.15) is 11.1 Å². The highest BCUT2D eigenvalue weighted by Gasteiger charge is 2.36. The Labute approximate surface area is 211 Å². The number of aromatic nitrogens is 1. The average molecular weight is 502 g/mol. The number of hydrogen-bond donors (Lipinski definition) is 1. The number of fused-ring (bicyclic) bond motifs is 1. The summed E-state index contributed by atoms with van der Waals surface area (Å²) in [6, 6.07) is 24.4. The van der Waals surface area contributed by atoms with E-state index >= 15 is 0 Å². The predicted molar refractivity (Wildman–Crippen MR) is 140 cm³/mol. The van der Waals surface area contributed by atoms with Crippen molar-refractivity contribution in [3.63, 3.8) is 0 Å². The van der Waals surface area contributed by atoms with E-state index in [1.807, 2.05) is 60.8 Å². The topological polar surface area (TPSA) is 71.4 Å². The maximum absolute atomic E-state index is 13.0. The maximum atomic E-state index is 13.0. The van der Waals surface area contributed by atoms with Gasteiger partial charge in [-0.3, -0.25) is 19.3 Å². The molecule has 0 atom stereocenters. The molecule has 1 aliphatic rings. The molecule has 0 aliphatic carbocycles. The number of nitrogens with one attached hydrogen (secondary N) is 1. The van der Waals surface area contributed by atoms with Gasteiger partial charge in [-0.15, -0.1) is 0 Å². The highest BCUT2D eigenvalue weighted by molar-refractivity contribution is 8.18. The number of amides is 3. The second kappa shape index (κ2) is 9.82. The van der Waals surface area contributed by atoms with Gasteiger partial charge < -0.3 is 9.88 Å². The molecule has 0 saturated carbocycles. The van der Waals surface area contributed by atoms with E-state index in [0.717, 1.165) is 38.7 Å². The van der Waals surface area contributed by atoms with Gasteiger partial charge in [0.2, 0.25) is 5.91 Å². The molecule has 1 N–H and O–H groups in total. The summed E-state index contributed by atoms with van der Waals surface area (Å²) in [6.45, 7) is 0.223. The van der Waals surface area contributed by atoms with Crippen LogP contribution < -0.4 is 5.32 Å². The number of hydrogen-bond acceptors (Lipinski definition) is 4. The van der Waals surface area contributed by atoms with Gasteiger partial charge in [0.25, 0.3) is 11.1 Å². The van der Waals surface area contributed by atoms with Gasteiger partial charge in [-0.2, -0.15) is 0 Å². The van der Waals surface area contributed by atoms with Crippen LogP contribution in [0.2, 0.25) is 5.02 Å². The van der Waals surface area contributed by atoms with Crippen molar-refractivity contribution >= 4 is 63.1 Å². The van der Waals surface area contributed by atoms with Crippen LogP contribution in [0.5, 0.6) is 0 Å². The third-order valence-corrected chi connectivity index (χ3v) is 6.91. The molecule has 5 rings (SSSR count). The molecular formula is C27H20ClN3O3S. The van der Waals surface area contributed by atoms with Crippen LogP contribution in [-0.4, -0.2) is 33.1 Å². The van der Waals surface area contributed by atoms with Gasteiger partial charge in [-0.1, -0.05) is 66.2 Å². The van der Waals surface area contributed by atoms with E-state index in [-0.39, 0.29) is 11.4 Å². The summed E-state index contributed by atoms with van der Waals surface area (Å²) in [5, 5.41) is 3.87. The fourth-order valence-corrected chi connectivity index (χ4v) is 5.00. The van der Waals surface area contributed by atoms with Gasteiger partial charge in [-0.05, 0) is 47.7 Å². The van der Waals surface area contributed by atoms with E-state index in [4.69, 9.17) is 11.6 Å². The summed E-state index contributed by atoms with van der Waals surface area (Å²) < 4.78 is 2.07. The molecule has 3 aromatic carbocycles. The molecule has 174 valence electrons. The Balaban J connectivity index is 1.39. The molecule has 1 aliphatic heterocycles.